The van der Waals surface area contributed by atoms with Gasteiger partial charge in [-0.25, -0.2) is 0 Å². The summed E-state index contributed by atoms with van der Waals surface area (Å²) >= 11 is 0. The Morgan fingerprint density at radius 1 is 0.933 bits per heavy atom. The number of rotatable bonds is 12. The van der Waals surface area contributed by atoms with Crippen LogP contribution < -0.4 is 10.6 Å². The average molecular weight is 422 g/mol. The van der Waals surface area contributed by atoms with Crippen LogP contribution in [0.2, 0.25) is 0 Å². The third kappa shape index (κ3) is 7.86. The molecule has 1 unspecified atom stereocenters. The topological polar surface area (TPSA) is 92.3 Å². The number of ether oxygens (including phenoxy) is 2. The quantitative estimate of drug-likeness (QED) is 0.448. The van der Waals surface area contributed by atoms with Gasteiger partial charge in [-0.15, -0.1) is 0 Å². The van der Waals surface area contributed by atoms with E-state index in [-0.39, 0.29) is 0 Å². The smallest absolute Gasteiger partial charge is 0.131 e. The molecule has 0 radical (unpaired) electrons. The maximum Gasteiger partial charge on any atom is 0.131 e. The summed E-state index contributed by atoms with van der Waals surface area (Å²) in [6.45, 7) is 6.86. The van der Waals surface area contributed by atoms with Crippen LogP contribution in [-0.4, -0.2) is 68.2 Å². The fraction of sp³-hybridized carbons (Fsp3) is 0.636. The largest absolute Gasteiger partial charge is 0.467 e. The molecule has 3 heterocycles. The summed E-state index contributed by atoms with van der Waals surface area (Å²) in [5.74, 6) is 1.65. The molecule has 0 bridgehead atoms. The second-order valence-corrected chi connectivity index (χ2v) is 7.62. The van der Waals surface area contributed by atoms with E-state index in [4.69, 9.17) is 18.3 Å². The first-order chi connectivity index (χ1) is 14.8. The van der Waals surface area contributed by atoms with Gasteiger partial charge in [0.05, 0.1) is 12.5 Å². The maximum atomic E-state index is 11.5. The minimum atomic E-state index is -0.902. The number of hydrogen-bond donors (Lipinski definition) is 3. The van der Waals surface area contributed by atoms with Crippen molar-refractivity contribution in [3.8, 4) is 0 Å². The van der Waals surface area contributed by atoms with Gasteiger partial charge >= 0.3 is 0 Å². The van der Waals surface area contributed by atoms with E-state index in [0.29, 0.717) is 39.4 Å². The van der Waals surface area contributed by atoms with Crippen LogP contribution in [0.1, 0.15) is 30.8 Å². The van der Waals surface area contributed by atoms with E-state index in [0.717, 1.165) is 57.1 Å². The van der Waals surface area contributed by atoms with E-state index in [1.807, 2.05) is 24.3 Å². The highest BCUT2D eigenvalue weighted by atomic mass is 16.5. The van der Waals surface area contributed by atoms with Gasteiger partial charge in [0.15, 0.2) is 0 Å². The Balaban J connectivity index is 1.42. The number of β-amino-alcohol motifs (C(OH)–C–C–N with tert-alkyl or cyclic N) is 1. The minimum absolute atomic E-state index is 0.463. The first kappa shape index (κ1) is 23.0. The zero-order chi connectivity index (χ0) is 20.9. The Labute approximate surface area is 178 Å². The molecule has 0 amide bonds. The zero-order valence-corrected chi connectivity index (χ0v) is 17.7. The van der Waals surface area contributed by atoms with E-state index in [1.165, 1.54) is 0 Å². The van der Waals surface area contributed by atoms with Crippen molar-refractivity contribution in [3.63, 3.8) is 0 Å². The van der Waals surface area contributed by atoms with Crippen LogP contribution in [0.15, 0.2) is 45.6 Å². The van der Waals surface area contributed by atoms with Gasteiger partial charge in [-0.3, -0.25) is 4.90 Å². The third-order valence-corrected chi connectivity index (χ3v) is 5.27. The van der Waals surface area contributed by atoms with Crippen LogP contribution in [0.5, 0.6) is 0 Å². The first-order valence-corrected chi connectivity index (χ1v) is 10.9. The predicted octanol–water partition coefficient (Wildman–Crippen LogP) is 1.96. The molecule has 2 aromatic rings. The zero-order valence-electron chi connectivity index (χ0n) is 17.7. The summed E-state index contributed by atoms with van der Waals surface area (Å²) in [5.41, 5.74) is -0.902. The van der Waals surface area contributed by atoms with Gasteiger partial charge in [-0.05, 0) is 43.5 Å². The SMILES string of the molecule is OC1(CCCOCc2ccco2)CNCCNCCN1CCCOCc1ccco1. The van der Waals surface area contributed by atoms with Crippen molar-refractivity contribution in [2.24, 2.45) is 0 Å². The molecule has 1 aliphatic rings. The van der Waals surface area contributed by atoms with Gasteiger partial charge in [0.2, 0.25) is 0 Å². The summed E-state index contributed by atoms with van der Waals surface area (Å²) in [6.07, 6.45) is 5.57. The highest BCUT2D eigenvalue weighted by Crippen LogP contribution is 2.19. The standard InChI is InChI=1S/C22H35N3O5/c26-22(7-3-13-27-17-20-5-1-15-29-20)19-24-9-8-23-10-12-25(22)11-4-14-28-18-21-6-2-16-30-21/h1-2,5-6,15-16,23-24,26H,3-4,7-14,17-19H2. The van der Waals surface area contributed by atoms with Gasteiger partial charge in [0, 0.05) is 52.5 Å². The number of furan rings is 2. The molecule has 1 atom stereocenters. The van der Waals surface area contributed by atoms with Crippen LogP contribution in [-0.2, 0) is 22.7 Å². The van der Waals surface area contributed by atoms with Gasteiger partial charge in [0.1, 0.15) is 30.5 Å². The lowest BCUT2D eigenvalue weighted by Gasteiger charge is -2.40. The van der Waals surface area contributed by atoms with E-state index in [1.54, 1.807) is 12.5 Å². The molecule has 1 aliphatic heterocycles. The molecular formula is C22H35N3O5. The minimum Gasteiger partial charge on any atom is -0.467 e. The number of nitrogens with one attached hydrogen (secondary N) is 2. The lowest BCUT2D eigenvalue weighted by Crippen LogP contribution is -2.56. The predicted molar refractivity (Wildman–Crippen MR) is 113 cm³/mol. The average Bonchev–Trinajstić information content (AvgIpc) is 3.45. The summed E-state index contributed by atoms with van der Waals surface area (Å²) in [7, 11) is 0. The molecule has 8 nitrogen and oxygen atoms in total. The highest BCUT2D eigenvalue weighted by Gasteiger charge is 2.33. The van der Waals surface area contributed by atoms with Gasteiger partial charge in [-0.1, -0.05) is 0 Å². The third-order valence-electron chi connectivity index (χ3n) is 5.27. The lowest BCUT2D eigenvalue weighted by atomic mass is 10.0. The molecule has 3 N–H and O–H groups in total. The Kier molecular flexibility index (Phi) is 9.88. The molecule has 0 saturated carbocycles. The maximum absolute atomic E-state index is 11.5. The molecule has 168 valence electrons. The van der Waals surface area contributed by atoms with Crippen molar-refractivity contribution in [2.75, 3.05) is 52.5 Å². The second kappa shape index (κ2) is 12.9. The molecule has 30 heavy (non-hydrogen) atoms. The highest BCUT2D eigenvalue weighted by molar-refractivity contribution is 4.96. The van der Waals surface area contributed by atoms with Gasteiger partial charge < -0.3 is 34.0 Å². The van der Waals surface area contributed by atoms with E-state index in [9.17, 15) is 5.11 Å². The van der Waals surface area contributed by atoms with Gasteiger partial charge in [-0.2, -0.15) is 0 Å². The van der Waals surface area contributed by atoms with Crippen molar-refractivity contribution in [1.82, 2.24) is 15.5 Å². The van der Waals surface area contributed by atoms with Gasteiger partial charge in [0.25, 0.3) is 0 Å². The monoisotopic (exact) mass is 421 g/mol. The molecule has 1 saturated heterocycles. The molecule has 8 heteroatoms. The molecule has 0 spiro atoms. The van der Waals surface area contributed by atoms with Crippen LogP contribution in [0, 0.1) is 0 Å². The van der Waals surface area contributed by atoms with Crippen LogP contribution >= 0.6 is 0 Å². The van der Waals surface area contributed by atoms with E-state index < -0.39 is 5.72 Å². The number of aliphatic hydroxyl groups is 1. The van der Waals surface area contributed by atoms with E-state index >= 15 is 0 Å². The van der Waals surface area contributed by atoms with Crippen LogP contribution in [0.4, 0.5) is 0 Å². The van der Waals surface area contributed by atoms with E-state index in [2.05, 4.69) is 15.5 Å². The normalized spacial score (nSPS) is 21.2. The Morgan fingerprint density at radius 3 is 2.27 bits per heavy atom. The van der Waals surface area contributed by atoms with Crippen molar-refractivity contribution in [2.45, 2.75) is 38.2 Å². The fourth-order valence-electron chi connectivity index (χ4n) is 3.64. The molecule has 0 aromatic carbocycles. The summed E-state index contributed by atoms with van der Waals surface area (Å²) in [4.78, 5) is 2.17. The molecule has 3 rings (SSSR count). The molecular weight excluding hydrogens is 386 g/mol. The summed E-state index contributed by atoms with van der Waals surface area (Å²) in [5, 5.41) is 18.2. The number of hydrogen-bond acceptors (Lipinski definition) is 8. The van der Waals surface area contributed by atoms with Crippen LogP contribution in [0.25, 0.3) is 0 Å². The lowest BCUT2D eigenvalue weighted by molar-refractivity contribution is -0.116. The van der Waals surface area contributed by atoms with Crippen molar-refractivity contribution in [3.05, 3.63) is 48.3 Å². The Hall–Kier alpha value is -1.68. The summed E-state index contributed by atoms with van der Waals surface area (Å²) < 4.78 is 22.0. The van der Waals surface area contributed by atoms with Crippen molar-refractivity contribution >= 4 is 0 Å². The summed E-state index contributed by atoms with van der Waals surface area (Å²) in [6, 6.07) is 7.53. The molecule has 0 aliphatic carbocycles. The second-order valence-electron chi connectivity index (χ2n) is 7.62. The molecule has 2 aromatic heterocycles. The first-order valence-electron chi connectivity index (χ1n) is 10.9. The number of nitrogens with zero attached hydrogens (tertiary/aromatic N) is 1. The van der Waals surface area contributed by atoms with Crippen molar-refractivity contribution in [1.29, 1.82) is 0 Å². The Bertz CT molecular complexity index is 664. The fourth-order valence-corrected chi connectivity index (χ4v) is 3.64. The van der Waals surface area contributed by atoms with Crippen LogP contribution in [0.3, 0.4) is 0 Å². The molecule has 1 fully saturated rings. The van der Waals surface area contributed by atoms with Crippen molar-refractivity contribution < 1.29 is 23.4 Å². The Morgan fingerprint density at radius 2 is 1.60 bits per heavy atom.